The summed E-state index contributed by atoms with van der Waals surface area (Å²) < 4.78 is 0. The summed E-state index contributed by atoms with van der Waals surface area (Å²) in [5.74, 6) is 1.02. The summed E-state index contributed by atoms with van der Waals surface area (Å²) in [6.45, 7) is 0. The minimum atomic E-state index is 0.540. The lowest BCUT2D eigenvalue weighted by molar-refractivity contribution is 0.419. The van der Waals surface area contributed by atoms with E-state index in [-0.39, 0.29) is 0 Å². The van der Waals surface area contributed by atoms with Gasteiger partial charge in [-0.05, 0) is 61.1 Å². The molecule has 0 saturated heterocycles. The summed E-state index contributed by atoms with van der Waals surface area (Å²) in [7, 11) is 0. The largest absolute Gasteiger partial charge is 0.399 e. The van der Waals surface area contributed by atoms with Crippen molar-refractivity contribution in [3.05, 3.63) is 29.8 Å². The Labute approximate surface area is 85.3 Å². The van der Waals surface area contributed by atoms with E-state index in [1.54, 1.807) is 0 Å². The van der Waals surface area contributed by atoms with E-state index in [1.165, 1.54) is 37.7 Å². The molecule has 1 aromatic carbocycles. The quantitative estimate of drug-likeness (QED) is 0.672. The molecule has 0 atom stereocenters. The normalized spacial score (nSPS) is 35.0. The van der Waals surface area contributed by atoms with Crippen LogP contribution in [0.15, 0.2) is 24.3 Å². The van der Waals surface area contributed by atoms with E-state index in [9.17, 15) is 0 Å². The molecule has 74 valence electrons. The van der Waals surface area contributed by atoms with Crippen LogP contribution in [0.1, 0.15) is 37.7 Å². The Morgan fingerprint density at radius 1 is 1.07 bits per heavy atom. The highest BCUT2D eigenvalue weighted by atomic mass is 14.5. The zero-order chi connectivity index (χ0) is 9.60. The molecule has 2 aliphatic carbocycles. The molecule has 2 saturated carbocycles. The molecule has 0 radical (unpaired) electrons. The smallest absolute Gasteiger partial charge is 0.0314 e. The standard InChI is InChI=1S/C13H17N/c14-12-3-1-11(2-4-12)13-7-5-10(9-13)6-8-13/h1-4,10H,5-9,14H2. The molecule has 0 heterocycles. The van der Waals surface area contributed by atoms with Gasteiger partial charge in [-0.1, -0.05) is 12.1 Å². The van der Waals surface area contributed by atoms with Crippen LogP contribution in [0.4, 0.5) is 5.69 Å². The van der Waals surface area contributed by atoms with Gasteiger partial charge in [0.05, 0.1) is 0 Å². The summed E-state index contributed by atoms with van der Waals surface area (Å²) in [5, 5.41) is 0. The Bertz CT molecular complexity index is 331. The number of benzene rings is 1. The molecule has 0 unspecified atom stereocenters. The van der Waals surface area contributed by atoms with Crippen molar-refractivity contribution in [1.29, 1.82) is 0 Å². The number of rotatable bonds is 1. The zero-order valence-corrected chi connectivity index (χ0v) is 8.50. The van der Waals surface area contributed by atoms with Gasteiger partial charge in [-0.2, -0.15) is 0 Å². The first-order valence-electron chi connectivity index (χ1n) is 5.65. The first-order chi connectivity index (χ1) is 6.78. The van der Waals surface area contributed by atoms with E-state index in [0.29, 0.717) is 5.41 Å². The molecule has 2 aliphatic rings. The summed E-state index contributed by atoms with van der Waals surface area (Å²) in [6.07, 6.45) is 7.13. The Hall–Kier alpha value is -0.980. The first-order valence-corrected chi connectivity index (χ1v) is 5.65. The van der Waals surface area contributed by atoms with Gasteiger partial charge in [0, 0.05) is 5.69 Å². The van der Waals surface area contributed by atoms with E-state index in [0.717, 1.165) is 11.6 Å². The third-order valence-corrected chi connectivity index (χ3v) is 4.26. The minimum Gasteiger partial charge on any atom is -0.399 e. The predicted molar refractivity (Wildman–Crippen MR) is 59.1 cm³/mol. The fraction of sp³-hybridized carbons (Fsp3) is 0.538. The zero-order valence-electron chi connectivity index (χ0n) is 8.50. The van der Waals surface area contributed by atoms with Gasteiger partial charge in [-0.15, -0.1) is 0 Å². The predicted octanol–water partition coefficient (Wildman–Crippen LogP) is 3.10. The second-order valence-electron chi connectivity index (χ2n) is 5.05. The Morgan fingerprint density at radius 3 is 2.21 bits per heavy atom. The lowest BCUT2D eigenvalue weighted by Crippen LogP contribution is -2.19. The molecule has 0 aromatic heterocycles. The maximum absolute atomic E-state index is 5.72. The van der Waals surface area contributed by atoms with Gasteiger partial charge in [0.2, 0.25) is 0 Å². The van der Waals surface area contributed by atoms with E-state index in [2.05, 4.69) is 24.3 Å². The molecule has 0 spiro atoms. The van der Waals surface area contributed by atoms with Gasteiger partial charge in [0.1, 0.15) is 0 Å². The number of hydrogen-bond acceptors (Lipinski definition) is 1. The van der Waals surface area contributed by atoms with Crippen molar-refractivity contribution < 1.29 is 0 Å². The van der Waals surface area contributed by atoms with E-state index in [1.807, 2.05) is 0 Å². The van der Waals surface area contributed by atoms with Crippen LogP contribution >= 0.6 is 0 Å². The van der Waals surface area contributed by atoms with Gasteiger partial charge in [-0.3, -0.25) is 0 Å². The van der Waals surface area contributed by atoms with Crippen molar-refractivity contribution >= 4 is 5.69 Å². The lowest BCUT2D eigenvalue weighted by Gasteiger charge is -2.27. The van der Waals surface area contributed by atoms with Crippen molar-refractivity contribution in [2.24, 2.45) is 5.92 Å². The van der Waals surface area contributed by atoms with Crippen molar-refractivity contribution in [3.63, 3.8) is 0 Å². The van der Waals surface area contributed by atoms with E-state index >= 15 is 0 Å². The average molecular weight is 187 g/mol. The van der Waals surface area contributed by atoms with Crippen LogP contribution in [-0.4, -0.2) is 0 Å². The van der Waals surface area contributed by atoms with Gasteiger partial charge in [0.15, 0.2) is 0 Å². The highest BCUT2D eigenvalue weighted by molar-refractivity contribution is 5.42. The van der Waals surface area contributed by atoms with Crippen molar-refractivity contribution in [1.82, 2.24) is 0 Å². The topological polar surface area (TPSA) is 26.0 Å². The summed E-state index contributed by atoms with van der Waals surface area (Å²) in [6, 6.07) is 8.58. The molecule has 0 amide bonds. The Morgan fingerprint density at radius 2 is 1.71 bits per heavy atom. The van der Waals surface area contributed by atoms with Gasteiger partial charge in [-0.25, -0.2) is 0 Å². The van der Waals surface area contributed by atoms with Crippen LogP contribution in [-0.2, 0) is 5.41 Å². The van der Waals surface area contributed by atoms with Crippen LogP contribution in [0.5, 0.6) is 0 Å². The van der Waals surface area contributed by atoms with Crippen LogP contribution in [0, 0.1) is 5.92 Å². The molecule has 1 heteroatoms. The summed E-state index contributed by atoms with van der Waals surface area (Å²) in [5.41, 5.74) is 8.68. The van der Waals surface area contributed by atoms with Gasteiger partial charge in [0.25, 0.3) is 0 Å². The van der Waals surface area contributed by atoms with Crippen molar-refractivity contribution in [2.45, 2.75) is 37.5 Å². The Balaban J connectivity index is 1.98. The SMILES string of the molecule is Nc1ccc(C23CCC(CC2)C3)cc1. The maximum Gasteiger partial charge on any atom is 0.0314 e. The van der Waals surface area contributed by atoms with Crippen LogP contribution in [0.2, 0.25) is 0 Å². The molecule has 2 bridgehead atoms. The molecule has 0 aliphatic heterocycles. The number of nitrogen functional groups attached to an aromatic ring is 1. The van der Waals surface area contributed by atoms with Crippen LogP contribution in [0.3, 0.4) is 0 Å². The maximum atomic E-state index is 5.72. The van der Waals surface area contributed by atoms with Gasteiger partial charge >= 0.3 is 0 Å². The Kier molecular flexibility index (Phi) is 1.64. The third-order valence-electron chi connectivity index (χ3n) is 4.26. The second kappa shape index (κ2) is 2.75. The van der Waals surface area contributed by atoms with Crippen molar-refractivity contribution in [2.75, 3.05) is 5.73 Å². The molecule has 1 nitrogen and oxygen atoms in total. The van der Waals surface area contributed by atoms with E-state index < -0.39 is 0 Å². The molecule has 2 fully saturated rings. The molecule has 2 N–H and O–H groups in total. The average Bonchev–Trinajstić information content (AvgIpc) is 2.79. The monoisotopic (exact) mass is 187 g/mol. The number of nitrogens with two attached hydrogens (primary N) is 1. The highest BCUT2D eigenvalue weighted by Crippen LogP contribution is 2.55. The fourth-order valence-corrected chi connectivity index (χ4v) is 3.43. The number of anilines is 1. The molecule has 1 aromatic rings. The molecule has 3 rings (SSSR count). The summed E-state index contributed by atoms with van der Waals surface area (Å²) >= 11 is 0. The van der Waals surface area contributed by atoms with Crippen molar-refractivity contribution in [3.8, 4) is 0 Å². The molecule has 14 heavy (non-hydrogen) atoms. The second-order valence-corrected chi connectivity index (χ2v) is 5.05. The number of fused-ring (bicyclic) bond motifs is 2. The third kappa shape index (κ3) is 1.08. The molecular weight excluding hydrogens is 170 g/mol. The van der Waals surface area contributed by atoms with Crippen LogP contribution in [0.25, 0.3) is 0 Å². The fourth-order valence-electron chi connectivity index (χ4n) is 3.43. The van der Waals surface area contributed by atoms with E-state index in [4.69, 9.17) is 5.73 Å². The number of hydrogen-bond donors (Lipinski definition) is 1. The minimum absolute atomic E-state index is 0.540. The highest BCUT2D eigenvalue weighted by Gasteiger charge is 2.45. The first kappa shape index (κ1) is 8.34. The lowest BCUT2D eigenvalue weighted by atomic mass is 9.78. The van der Waals surface area contributed by atoms with Gasteiger partial charge < -0.3 is 5.73 Å². The summed E-state index contributed by atoms with van der Waals surface area (Å²) in [4.78, 5) is 0. The van der Waals surface area contributed by atoms with Crippen LogP contribution < -0.4 is 5.73 Å². The molecular formula is C13H17N.